The zero-order valence-corrected chi connectivity index (χ0v) is 24.8. The lowest BCUT2D eigenvalue weighted by Crippen LogP contribution is -2.65. The lowest BCUT2D eigenvalue weighted by Gasteiger charge is -2.64. The van der Waals surface area contributed by atoms with Crippen LogP contribution in [0.5, 0.6) is 0 Å². The van der Waals surface area contributed by atoms with E-state index in [-0.39, 0.29) is 47.3 Å². The second-order valence-electron chi connectivity index (χ2n) is 13.5. The fraction of sp³-hybridized carbons (Fsp3) is 0.613. The van der Waals surface area contributed by atoms with Crippen molar-refractivity contribution in [3.8, 4) is 0 Å². The molecule has 7 atom stereocenters. The minimum Gasteiger partial charge on any atom is -0.404 e. The molecular formula is C31H41BN4O5. The lowest BCUT2D eigenvalue weighted by atomic mass is 9.43. The van der Waals surface area contributed by atoms with E-state index in [1.807, 2.05) is 37.3 Å². The zero-order valence-electron chi connectivity index (χ0n) is 24.8. The van der Waals surface area contributed by atoms with Crippen molar-refractivity contribution in [2.45, 2.75) is 84.6 Å². The highest BCUT2D eigenvalue weighted by atomic mass is 16.7. The summed E-state index contributed by atoms with van der Waals surface area (Å²) in [6, 6.07) is 9.50. The number of carbonyl (C=O) groups excluding carboxylic acids is 2. The third-order valence-corrected chi connectivity index (χ3v) is 10.2. The van der Waals surface area contributed by atoms with Gasteiger partial charge in [-0.2, -0.15) is 0 Å². The van der Waals surface area contributed by atoms with E-state index in [0.29, 0.717) is 29.2 Å². The molecule has 4 fully saturated rings. The van der Waals surface area contributed by atoms with Crippen LogP contribution >= 0.6 is 0 Å². The number of rotatable bonds is 8. The van der Waals surface area contributed by atoms with Crippen LogP contribution in [-0.2, 0) is 18.9 Å². The van der Waals surface area contributed by atoms with Gasteiger partial charge in [-0.1, -0.05) is 64.0 Å². The fourth-order valence-electron chi connectivity index (χ4n) is 7.58. The molecule has 218 valence electrons. The average Bonchev–Trinajstić information content (AvgIpc) is 3.49. The van der Waals surface area contributed by atoms with Gasteiger partial charge in [-0.3, -0.25) is 14.6 Å². The third kappa shape index (κ3) is 4.82. The van der Waals surface area contributed by atoms with Gasteiger partial charge >= 0.3 is 7.12 Å². The number of aromatic nitrogens is 1. The first-order chi connectivity index (χ1) is 19.5. The number of nitrogens with zero attached hydrogens (tertiary/aromatic N) is 2. The first kappa shape index (κ1) is 28.2. The summed E-state index contributed by atoms with van der Waals surface area (Å²) in [5, 5.41) is 12.0. The van der Waals surface area contributed by atoms with Crippen molar-refractivity contribution in [3.05, 3.63) is 42.2 Å². The van der Waals surface area contributed by atoms with Gasteiger partial charge in [0.25, 0.3) is 11.8 Å². The quantitative estimate of drug-likeness (QED) is 0.470. The van der Waals surface area contributed by atoms with Crippen LogP contribution in [0, 0.1) is 29.1 Å². The first-order valence-corrected chi connectivity index (χ1v) is 15.0. The number of carbonyl (C=O) groups is 2. The van der Waals surface area contributed by atoms with Crippen LogP contribution in [0.1, 0.15) is 71.3 Å². The van der Waals surface area contributed by atoms with E-state index in [1.54, 1.807) is 6.20 Å². The zero-order chi connectivity index (χ0) is 29.1. The van der Waals surface area contributed by atoms with Crippen molar-refractivity contribution in [1.29, 1.82) is 0 Å². The van der Waals surface area contributed by atoms with Gasteiger partial charge in [0, 0.05) is 17.5 Å². The number of hydrogen-bond acceptors (Lipinski definition) is 7. The molecule has 2 unspecified atom stereocenters. The summed E-state index contributed by atoms with van der Waals surface area (Å²) < 4.78 is 13.2. The van der Waals surface area contributed by atoms with Crippen molar-refractivity contribution in [2.75, 3.05) is 6.54 Å². The summed E-state index contributed by atoms with van der Waals surface area (Å²) in [5.74, 6) is 0.281. The van der Waals surface area contributed by atoms with Crippen molar-refractivity contribution < 1.29 is 23.7 Å². The smallest absolute Gasteiger partial charge is 0.404 e. The Bertz CT molecular complexity index is 1380. The Morgan fingerprint density at radius 1 is 1.15 bits per heavy atom. The Kier molecular flexibility index (Phi) is 7.13. The number of oxime groups is 1. The molecule has 1 aromatic carbocycles. The molecule has 1 aromatic heterocycles. The molecule has 2 bridgehead atoms. The van der Waals surface area contributed by atoms with Crippen LogP contribution in [0.25, 0.3) is 10.8 Å². The molecule has 7 rings (SSSR count). The van der Waals surface area contributed by atoms with Gasteiger partial charge in [0.15, 0.2) is 0 Å². The Hall–Kier alpha value is -2.98. The van der Waals surface area contributed by atoms with E-state index >= 15 is 0 Å². The Morgan fingerprint density at radius 2 is 1.93 bits per heavy atom. The summed E-state index contributed by atoms with van der Waals surface area (Å²) in [6.45, 7) is 13.2. The van der Waals surface area contributed by atoms with Gasteiger partial charge in [-0.25, -0.2) is 0 Å². The largest absolute Gasteiger partial charge is 0.481 e. The maximum atomic E-state index is 13.5. The van der Waals surface area contributed by atoms with Crippen LogP contribution in [0.15, 0.2) is 41.7 Å². The molecule has 3 heterocycles. The molecule has 10 heteroatoms. The van der Waals surface area contributed by atoms with Crippen LogP contribution in [0.2, 0.25) is 0 Å². The molecule has 0 spiro atoms. The minimum absolute atomic E-state index is 0.0484. The van der Waals surface area contributed by atoms with Gasteiger partial charge in [-0.05, 0) is 60.8 Å². The predicted molar refractivity (Wildman–Crippen MR) is 157 cm³/mol. The second-order valence-corrected chi connectivity index (χ2v) is 13.5. The molecule has 3 saturated carbocycles. The van der Waals surface area contributed by atoms with Gasteiger partial charge in [0.1, 0.15) is 5.69 Å². The van der Waals surface area contributed by atoms with Crippen molar-refractivity contribution >= 4 is 35.4 Å². The standard InChI is InChI=1S/C31H41BN4O5/c1-17(2)13-25(32-39-24-15-20-14-23(30(20,4)5)31(24,6)41-32)35-29(38)27-18(3)22(36-40-27)16-34-28(37)26-21-10-8-7-9-19(21)11-12-33-26/h7-12,17-18,20,23-25,27H,13-16H2,1-6H3,(H,34,37)(H,35,38)/t18?,20-,23-,24+,25-,27?,31-/m0/s1. The van der Waals surface area contributed by atoms with Gasteiger partial charge in [0.2, 0.25) is 6.10 Å². The average molecular weight is 561 g/mol. The monoisotopic (exact) mass is 560 g/mol. The van der Waals surface area contributed by atoms with Crippen LogP contribution < -0.4 is 10.6 Å². The van der Waals surface area contributed by atoms with Crippen LogP contribution in [-0.4, -0.2) is 59.9 Å². The molecule has 5 aliphatic rings. The molecule has 0 radical (unpaired) electrons. The maximum absolute atomic E-state index is 13.5. The van der Waals surface area contributed by atoms with Crippen molar-refractivity contribution in [2.24, 2.45) is 34.2 Å². The van der Waals surface area contributed by atoms with Crippen molar-refractivity contribution in [3.63, 3.8) is 0 Å². The highest BCUT2D eigenvalue weighted by Crippen LogP contribution is 2.65. The number of benzene rings is 1. The molecule has 1 saturated heterocycles. The van der Waals surface area contributed by atoms with Gasteiger partial charge in [0.05, 0.1) is 29.9 Å². The summed E-state index contributed by atoms with van der Waals surface area (Å²) in [4.78, 5) is 36.4. The van der Waals surface area contributed by atoms with E-state index in [0.717, 1.165) is 23.6 Å². The topological polar surface area (TPSA) is 111 Å². The van der Waals surface area contributed by atoms with Gasteiger partial charge < -0.3 is 24.8 Å². The number of pyridine rings is 1. The van der Waals surface area contributed by atoms with E-state index in [2.05, 4.69) is 55.4 Å². The third-order valence-electron chi connectivity index (χ3n) is 10.2. The molecular weight excluding hydrogens is 519 g/mol. The number of amides is 2. The summed E-state index contributed by atoms with van der Waals surface area (Å²) in [6.07, 6.45) is 3.78. The Labute approximate surface area is 242 Å². The summed E-state index contributed by atoms with van der Waals surface area (Å²) in [7, 11) is -0.504. The minimum atomic E-state index is -0.793. The molecule has 3 aliphatic carbocycles. The normalized spacial score (nSPS) is 32.1. The summed E-state index contributed by atoms with van der Waals surface area (Å²) in [5.41, 5.74) is 0.870. The highest BCUT2D eigenvalue weighted by molar-refractivity contribution is 6.48. The number of fused-ring (bicyclic) bond motifs is 1. The SMILES string of the molecule is CC(C)C[C@H](NC(=O)C1ON=C(CNC(=O)c2nccc3ccccc23)C1C)B1O[C@@H]2C[C@@H]3C[C@@H](C3(C)C)[C@]2(C)O1. The Morgan fingerprint density at radius 3 is 2.68 bits per heavy atom. The van der Waals surface area contributed by atoms with E-state index in [1.165, 1.54) is 6.42 Å². The lowest BCUT2D eigenvalue weighted by molar-refractivity contribution is -0.199. The fourth-order valence-corrected chi connectivity index (χ4v) is 7.58. The molecule has 2 N–H and O–H groups in total. The summed E-state index contributed by atoms with van der Waals surface area (Å²) >= 11 is 0. The van der Waals surface area contributed by atoms with Gasteiger partial charge in [-0.15, -0.1) is 0 Å². The number of hydrogen-bond donors (Lipinski definition) is 2. The maximum Gasteiger partial charge on any atom is 0.481 e. The molecule has 2 amide bonds. The van der Waals surface area contributed by atoms with Crippen LogP contribution in [0.4, 0.5) is 0 Å². The molecule has 9 nitrogen and oxygen atoms in total. The predicted octanol–water partition coefficient (Wildman–Crippen LogP) is 4.15. The van der Waals surface area contributed by atoms with E-state index in [9.17, 15) is 9.59 Å². The molecule has 41 heavy (non-hydrogen) atoms. The van der Waals surface area contributed by atoms with E-state index < -0.39 is 13.2 Å². The molecule has 2 aliphatic heterocycles. The highest BCUT2D eigenvalue weighted by Gasteiger charge is 2.68. The second kappa shape index (κ2) is 10.4. The van der Waals surface area contributed by atoms with Crippen molar-refractivity contribution in [1.82, 2.24) is 15.6 Å². The first-order valence-electron chi connectivity index (χ1n) is 15.0. The van der Waals surface area contributed by atoms with Crippen LogP contribution in [0.3, 0.4) is 0 Å². The van der Waals surface area contributed by atoms with E-state index in [4.69, 9.17) is 14.1 Å². The Balaban J connectivity index is 1.08. The number of nitrogens with one attached hydrogen (secondary N) is 2. The molecule has 2 aromatic rings.